The largest absolute Gasteiger partial charge is 0.348 e. The van der Waals surface area contributed by atoms with Gasteiger partial charge in [-0.1, -0.05) is 18.2 Å². The second kappa shape index (κ2) is 4.88. The maximum atomic E-state index is 12.3. The van der Waals surface area contributed by atoms with Crippen LogP contribution in [0.2, 0.25) is 0 Å². The smallest absolute Gasteiger partial charge is 0.270 e. The van der Waals surface area contributed by atoms with Gasteiger partial charge in [0.15, 0.2) is 0 Å². The topological polar surface area (TPSA) is 46.9 Å². The highest BCUT2D eigenvalue weighted by atomic mass is 16.2. The summed E-state index contributed by atoms with van der Waals surface area (Å²) < 4.78 is 1.81. The average molecular weight is 255 g/mol. The van der Waals surface area contributed by atoms with Crippen molar-refractivity contribution in [3.8, 4) is 5.69 Å². The van der Waals surface area contributed by atoms with E-state index >= 15 is 0 Å². The highest BCUT2D eigenvalue weighted by molar-refractivity contribution is 5.93. The van der Waals surface area contributed by atoms with Crippen LogP contribution >= 0.6 is 0 Å². The Bertz CT molecular complexity index is 572. The molecule has 1 atom stereocenters. The molecule has 1 N–H and O–H groups in total. The molecule has 1 aromatic heterocycles. The zero-order chi connectivity index (χ0) is 13.2. The number of hydrogen-bond donors (Lipinski definition) is 1. The number of rotatable bonds is 4. The van der Waals surface area contributed by atoms with E-state index in [1.165, 1.54) is 12.8 Å². The molecule has 1 heterocycles. The Morgan fingerprint density at radius 1 is 1.37 bits per heavy atom. The molecule has 1 amide bonds. The highest BCUT2D eigenvalue weighted by Gasteiger charge is 2.29. The molecule has 0 bridgehead atoms. The van der Waals surface area contributed by atoms with Gasteiger partial charge in [0.25, 0.3) is 5.91 Å². The van der Waals surface area contributed by atoms with Gasteiger partial charge in [0.2, 0.25) is 0 Å². The van der Waals surface area contributed by atoms with Crippen LogP contribution in [-0.2, 0) is 0 Å². The maximum absolute atomic E-state index is 12.3. The molecule has 1 aliphatic rings. The Morgan fingerprint density at radius 2 is 2.11 bits per heavy atom. The van der Waals surface area contributed by atoms with Gasteiger partial charge in [-0.2, -0.15) is 0 Å². The predicted octanol–water partition coefficient (Wildman–Crippen LogP) is 2.40. The number of nitrogens with one attached hydrogen (secondary N) is 1. The number of benzene rings is 1. The summed E-state index contributed by atoms with van der Waals surface area (Å²) in [5.41, 5.74) is 1.53. The summed E-state index contributed by atoms with van der Waals surface area (Å²) in [7, 11) is 0. The fourth-order valence-corrected chi connectivity index (χ4v) is 2.25. The number of para-hydroxylation sites is 1. The third kappa shape index (κ3) is 2.52. The number of nitrogens with zero attached hydrogens (tertiary/aromatic N) is 2. The Kier molecular flexibility index (Phi) is 3.07. The van der Waals surface area contributed by atoms with Crippen molar-refractivity contribution in [1.29, 1.82) is 0 Å². The molecule has 1 aromatic carbocycles. The first-order chi connectivity index (χ1) is 9.25. The number of hydrogen-bond acceptors (Lipinski definition) is 2. The Labute approximate surface area is 112 Å². The Balaban J connectivity index is 1.81. The molecule has 3 rings (SSSR count). The van der Waals surface area contributed by atoms with Crippen LogP contribution in [0, 0.1) is 5.92 Å². The van der Waals surface area contributed by atoms with Crippen molar-refractivity contribution in [2.45, 2.75) is 25.8 Å². The molecule has 98 valence electrons. The molecule has 0 spiro atoms. The van der Waals surface area contributed by atoms with Crippen LogP contribution in [0.4, 0.5) is 0 Å². The van der Waals surface area contributed by atoms with E-state index in [2.05, 4.69) is 17.2 Å². The van der Waals surface area contributed by atoms with Gasteiger partial charge in [-0.15, -0.1) is 0 Å². The van der Waals surface area contributed by atoms with E-state index in [-0.39, 0.29) is 11.9 Å². The number of imidazole rings is 1. The molecule has 1 saturated carbocycles. The van der Waals surface area contributed by atoms with Gasteiger partial charge < -0.3 is 5.32 Å². The molecule has 1 fully saturated rings. The first-order valence-electron chi connectivity index (χ1n) is 6.64. The van der Waals surface area contributed by atoms with Crippen LogP contribution in [0.15, 0.2) is 42.9 Å². The zero-order valence-corrected chi connectivity index (χ0v) is 10.9. The normalized spacial score (nSPS) is 16.1. The summed E-state index contributed by atoms with van der Waals surface area (Å²) in [6.07, 6.45) is 5.73. The lowest BCUT2D eigenvalue weighted by atomic mass is 10.2. The Morgan fingerprint density at radius 3 is 2.79 bits per heavy atom. The van der Waals surface area contributed by atoms with Gasteiger partial charge in [0.1, 0.15) is 5.69 Å². The van der Waals surface area contributed by atoms with Crippen molar-refractivity contribution >= 4 is 5.91 Å². The summed E-state index contributed by atoms with van der Waals surface area (Å²) >= 11 is 0. The molecule has 0 aliphatic heterocycles. The van der Waals surface area contributed by atoms with Crippen LogP contribution in [-0.4, -0.2) is 21.5 Å². The van der Waals surface area contributed by atoms with Gasteiger partial charge in [-0.25, -0.2) is 4.98 Å². The van der Waals surface area contributed by atoms with Crippen molar-refractivity contribution in [3.63, 3.8) is 0 Å². The number of aromatic nitrogens is 2. The molecule has 1 aliphatic carbocycles. The van der Waals surface area contributed by atoms with Gasteiger partial charge in [-0.05, 0) is 37.8 Å². The van der Waals surface area contributed by atoms with E-state index in [1.54, 1.807) is 12.5 Å². The Hall–Kier alpha value is -2.10. The van der Waals surface area contributed by atoms with Crippen LogP contribution in [0.3, 0.4) is 0 Å². The standard InChI is InChI=1S/C15H17N3O/c1-11(12-7-8-12)17-15(19)14-9-16-10-18(14)13-5-3-2-4-6-13/h2-6,9-12H,7-8H2,1H3,(H,17,19)/t11-/m1/s1. The lowest BCUT2D eigenvalue weighted by Gasteiger charge is -2.13. The monoisotopic (exact) mass is 255 g/mol. The molecular formula is C15H17N3O. The van der Waals surface area contributed by atoms with Crippen LogP contribution in [0.1, 0.15) is 30.3 Å². The summed E-state index contributed by atoms with van der Waals surface area (Å²) in [4.78, 5) is 16.4. The lowest BCUT2D eigenvalue weighted by molar-refractivity contribution is 0.0929. The van der Waals surface area contributed by atoms with E-state index in [0.29, 0.717) is 11.6 Å². The lowest BCUT2D eigenvalue weighted by Crippen LogP contribution is -2.35. The molecule has 2 aromatic rings. The summed E-state index contributed by atoms with van der Waals surface area (Å²) in [6, 6.07) is 10.0. The third-order valence-corrected chi connectivity index (χ3v) is 3.59. The first-order valence-corrected chi connectivity index (χ1v) is 6.64. The van der Waals surface area contributed by atoms with Gasteiger partial charge >= 0.3 is 0 Å². The van der Waals surface area contributed by atoms with E-state index in [1.807, 2.05) is 34.9 Å². The van der Waals surface area contributed by atoms with Gasteiger partial charge in [-0.3, -0.25) is 9.36 Å². The minimum atomic E-state index is -0.0549. The number of carbonyl (C=O) groups is 1. The minimum absolute atomic E-state index is 0.0549. The highest BCUT2D eigenvalue weighted by Crippen LogP contribution is 2.32. The second-order valence-corrected chi connectivity index (χ2v) is 5.08. The number of amides is 1. The van der Waals surface area contributed by atoms with Crippen molar-refractivity contribution in [3.05, 3.63) is 48.5 Å². The van der Waals surface area contributed by atoms with Crippen LogP contribution in [0.5, 0.6) is 0 Å². The van der Waals surface area contributed by atoms with Crippen molar-refractivity contribution in [2.24, 2.45) is 5.92 Å². The van der Waals surface area contributed by atoms with Crippen molar-refractivity contribution in [2.75, 3.05) is 0 Å². The summed E-state index contributed by atoms with van der Waals surface area (Å²) in [5, 5.41) is 3.05. The van der Waals surface area contributed by atoms with E-state index in [9.17, 15) is 4.79 Å². The molecule has 0 saturated heterocycles. The zero-order valence-electron chi connectivity index (χ0n) is 10.9. The molecule has 4 heteroatoms. The fraction of sp³-hybridized carbons (Fsp3) is 0.333. The quantitative estimate of drug-likeness (QED) is 0.912. The molecule has 0 radical (unpaired) electrons. The molecule has 0 unspecified atom stereocenters. The van der Waals surface area contributed by atoms with Crippen molar-refractivity contribution in [1.82, 2.24) is 14.9 Å². The molecule has 4 nitrogen and oxygen atoms in total. The third-order valence-electron chi connectivity index (χ3n) is 3.59. The summed E-state index contributed by atoms with van der Waals surface area (Å²) in [5.74, 6) is 0.595. The van der Waals surface area contributed by atoms with Gasteiger partial charge in [0, 0.05) is 11.7 Å². The van der Waals surface area contributed by atoms with Gasteiger partial charge in [0.05, 0.1) is 12.5 Å². The van der Waals surface area contributed by atoms with E-state index < -0.39 is 0 Å². The van der Waals surface area contributed by atoms with Crippen LogP contribution in [0.25, 0.3) is 5.69 Å². The fourth-order valence-electron chi connectivity index (χ4n) is 2.25. The second-order valence-electron chi connectivity index (χ2n) is 5.08. The predicted molar refractivity (Wildman–Crippen MR) is 73.2 cm³/mol. The van der Waals surface area contributed by atoms with Crippen molar-refractivity contribution < 1.29 is 4.79 Å². The first kappa shape index (κ1) is 12.0. The summed E-state index contributed by atoms with van der Waals surface area (Å²) in [6.45, 7) is 2.07. The van der Waals surface area contributed by atoms with E-state index in [4.69, 9.17) is 0 Å². The average Bonchev–Trinajstić information content (AvgIpc) is 3.17. The maximum Gasteiger partial charge on any atom is 0.270 e. The van der Waals surface area contributed by atoms with E-state index in [0.717, 1.165) is 5.69 Å². The SMILES string of the molecule is C[C@@H](NC(=O)c1cncn1-c1ccccc1)C1CC1. The molecular weight excluding hydrogens is 238 g/mol. The molecule has 19 heavy (non-hydrogen) atoms. The minimum Gasteiger partial charge on any atom is -0.348 e. The number of carbonyl (C=O) groups excluding carboxylic acids is 1. The van der Waals surface area contributed by atoms with Crippen LogP contribution < -0.4 is 5.32 Å².